The molecule has 0 radical (unpaired) electrons. The Morgan fingerprint density at radius 3 is 2.65 bits per heavy atom. The zero-order chi connectivity index (χ0) is 16.8. The van der Waals surface area contributed by atoms with E-state index in [4.69, 9.17) is 16.3 Å². The molecule has 0 saturated heterocycles. The summed E-state index contributed by atoms with van der Waals surface area (Å²) in [6.07, 6.45) is 0. The van der Waals surface area contributed by atoms with Crippen LogP contribution in [0.1, 0.15) is 28.9 Å². The summed E-state index contributed by atoms with van der Waals surface area (Å²) in [6.45, 7) is 1.32. The van der Waals surface area contributed by atoms with Crippen molar-refractivity contribution in [2.45, 2.75) is 13.0 Å². The van der Waals surface area contributed by atoms with Crippen molar-refractivity contribution in [1.29, 1.82) is 0 Å². The lowest BCUT2D eigenvalue weighted by molar-refractivity contribution is -0.124. The van der Waals surface area contributed by atoms with Gasteiger partial charge in [0.2, 0.25) is 0 Å². The number of hydrogen-bond acceptors (Lipinski definition) is 3. The number of rotatable bonds is 5. The van der Waals surface area contributed by atoms with Gasteiger partial charge < -0.3 is 10.1 Å². The van der Waals surface area contributed by atoms with Crippen LogP contribution in [0.25, 0.3) is 0 Å². The molecule has 6 heteroatoms. The third-order valence-electron chi connectivity index (χ3n) is 3.14. The maximum absolute atomic E-state index is 13.0. The number of amides is 1. The molecule has 0 aliphatic heterocycles. The lowest BCUT2D eigenvalue weighted by Gasteiger charge is -2.15. The van der Waals surface area contributed by atoms with Gasteiger partial charge in [0.1, 0.15) is 5.82 Å². The van der Waals surface area contributed by atoms with E-state index in [1.165, 1.54) is 18.2 Å². The molecule has 1 amide bonds. The molecule has 0 aromatic heterocycles. The number of halogens is 2. The number of carbonyl (C=O) groups excluding carboxylic acids is 2. The predicted molar refractivity (Wildman–Crippen MR) is 84.7 cm³/mol. The van der Waals surface area contributed by atoms with Gasteiger partial charge in [-0.25, -0.2) is 9.18 Å². The second-order valence-electron chi connectivity index (χ2n) is 4.90. The molecule has 0 spiro atoms. The molecule has 0 heterocycles. The second kappa shape index (κ2) is 7.74. The van der Waals surface area contributed by atoms with E-state index in [0.717, 1.165) is 11.6 Å². The zero-order valence-electron chi connectivity index (χ0n) is 12.4. The highest BCUT2D eigenvalue weighted by Gasteiger charge is 2.14. The highest BCUT2D eigenvalue weighted by atomic mass is 35.5. The van der Waals surface area contributed by atoms with E-state index >= 15 is 0 Å². The molecule has 1 atom stereocenters. The van der Waals surface area contributed by atoms with Gasteiger partial charge >= 0.3 is 5.97 Å². The van der Waals surface area contributed by atoms with E-state index in [-0.39, 0.29) is 11.6 Å². The average molecular weight is 336 g/mol. The molecule has 0 saturated carbocycles. The van der Waals surface area contributed by atoms with Crippen LogP contribution in [0.5, 0.6) is 0 Å². The number of esters is 1. The molecule has 0 unspecified atom stereocenters. The van der Waals surface area contributed by atoms with Gasteiger partial charge in [0, 0.05) is 5.02 Å². The van der Waals surface area contributed by atoms with E-state index in [1.807, 2.05) is 6.07 Å². The Morgan fingerprint density at radius 1 is 1.22 bits per heavy atom. The standard InChI is InChI=1S/C17H15ClFNO3/c1-11(14-7-2-3-8-15(14)18)20-16(21)10-23-17(22)12-5-4-6-13(19)9-12/h2-9,11H,10H2,1H3,(H,20,21)/t11-/m0/s1. The largest absolute Gasteiger partial charge is 0.452 e. The molecular weight excluding hydrogens is 321 g/mol. The normalized spacial score (nSPS) is 11.6. The minimum atomic E-state index is -0.759. The van der Waals surface area contributed by atoms with Gasteiger partial charge in [-0.3, -0.25) is 4.79 Å². The summed E-state index contributed by atoms with van der Waals surface area (Å²) in [7, 11) is 0. The number of carbonyl (C=O) groups is 2. The van der Waals surface area contributed by atoms with Crippen LogP contribution in [0.15, 0.2) is 48.5 Å². The lowest BCUT2D eigenvalue weighted by atomic mass is 10.1. The van der Waals surface area contributed by atoms with Crippen LogP contribution in [0.2, 0.25) is 5.02 Å². The number of nitrogens with one attached hydrogen (secondary N) is 1. The van der Waals surface area contributed by atoms with Crippen molar-refractivity contribution in [2.24, 2.45) is 0 Å². The monoisotopic (exact) mass is 335 g/mol. The SMILES string of the molecule is C[C@H](NC(=O)COC(=O)c1cccc(F)c1)c1ccccc1Cl. The predicted octanol–water partition coefficient (Wildman–Crippen LogP) is 3.51. The average Bonchev–Trinajstić information content (AvgIpc) is 2.53. The smallest absolute Gasteiger partial charge is 0.338 e. The quantitative estimate of drug-likeness (QED) is 0.851. The minimum absolute atomic E-state index is 0.0527. The maximum atomic E-state index is 13.0. The molecule has 2 rings (SSSR count). The Morgan fingerprint density at radius 2 is 1.96 bits per heavy atom. The topological polar surface area (TPSA) is 55.4 Å². The maximum Gasteiger partial charge on any atom is 0.338 e. The Labute approximate surface area is 138 Å². The van der Waals surface area contributed by atoms with Gasteiger partial charge in [0.05, 0.1) is 11.6 Å². The molecule has 0 bridgehead atoms. The summed E-state index contributed by atoms with van der Waals surface area (Å²) < 4.78 is 17.9. The summed E-state index contributed by atoms with van der Waals surface area (Å²) in [6, 6.07) is 11.9. The molecule has 0 aliphatic rings. The Hall–Kier alpha value is -2.40. The third-order valence-corrected chi connectivity index (χ3v) is 3.49. The molecule has 2 aromatic carbocycles. The molecule has 0 aliphatic carbocycles. The fourth-order valence-corrected chi connectivity index (χ4v) is 2.32. The molecule has 4 nitrogen and oxygen atoms in total. The molecule has 120 valence electrons. The van der Waals surface area contributed by atoms with Crippen LogP contribution in [0.4, 0.5) is 4.39 Å². The zero-order valence-corrected chi connectivity index (χ0v) is 13.1. The van der Waals surface area contributed by atoms with Crippen molar-refractivity contribution >= 4 is 23.5 Å². The van der Waals surface area contributed by atoms with Crippen molar-refractivity contribution in [3.8, 4) is 0 Å². The van der Waals surface area contributed by atoms with E-state index in [1.54, 1.807) is 25.1 Å². The first-order chi connectivity index (χ1) is 11.0. The highest BCUT2D eigenvalue weighted by molar-refractivity contribution is 6.31. The number of ether oxygens (including phenoxy) is 1. The van der Waals surface area contributed by atoms with Gasteiger partial charge in [0.25, 0.3) is 5.91 Å². The van der Waals surface area contributed by atoms with Crippen molar-refractivity contribution in [3.63, 3.8) is 0 Å². The summed E-state index contributed by atoms with van der Waals surface area (Å²) >= 11 is 6.05. The summed E-state index contributed by atoms with van der Waals surface area (Å²) in [5.41, 5.74) is 0.816. The van der Waals surface area contributed by atoms with Crippen LogP contribution in [0.3, 0.4) is 0 Å². The van der Waals surface area contributed by atoms with E-state index in [0.29, 0.717) is 5.02 Å². The first kappa shape index (κ1) is 17.0. The van der Waals surface area contributed by atoms with Gasteiger partial charge in [-0.05, 0) is 36.8 Å². The van der Waals surface area contributed by atoms with Crippen molar-refractivity contribution in [3.05, 3.63) is 70.5 Å². The van der Waals surface area contributed by atoms with Gasteiger partial charge in [-0.1, -0.05) is 35.9 Å². The lowest BCUT2D eigenvalue weighted by Crippen LogP contribution is -2.31. The highest BCUT2D eigenvalue weighted by Crippen LogP contribution is 2.21. The molecule has 1 N–H and O–H groups in total. The minimum Gasteiger partial charge on any atom is -0.452 e. The summed E-state index contributed by atoms with van der Waals surface area (Å²) in [5.74, 6) is -1.77. The fraction of sp³-hybridized carbons (Fsp3) is 0.176. The van der Waals surface area contributed by atoms with E-state index in [9.17, 15) is 14.0 Å². The Bertz CT molecular complexity index is 720. The van der Waals surface area contributed by atoms with Gasteiger partial charge in [0.15, 0.2) is 6.61 Å². The van der Waals surface area contributed by atoms with Crippen LogP contribution in [-0.4, -0.2) is 18.5 Å². The number of hydrogen-bond donors (Lipinski definition) is 1. The van der Waals surface area contributed by atoms with E-state index < -0.39 is 24.3 Å². The molecule has 23 heavy (non-hydrogen) atoms. The first-order valence-electron chi connectivity index (χ1n) is 6.94. The Balaban J connectivity index is 1.88. The summed E-state index contributed by atoms with van der Waals surface area (Å²) in [4.78, 5) is 23.6. The summed E-state index contributed by atoms with van der Waals surface area (Å²) in [5, 5.41) is 3.22. The van der Waals surface area contributed by atoms with Gasteiger partial charge in [-0.15, -0.1) is 0 Å². The van der Waals surface area contributed by atoms with Gasteiger partial charge in [-0.2, -0.15) is 0 Å². The van der Waals surface area contributed by atoms with Crippen LogP contribution in [0, 0.1) is 5.82 Å². The Kier molecular flexibility index (Phi) is 5.71. The van der Waals surface area contributed by atoms with Crippen LogP contribution in [-0.2, 0) is 9.53 Å². The first-order valence-corrected chi connectivity index (χ1v) is 7.31. The fourth-order valence-electron chi connectivity index (χ4n) is 2.02. The van der Waals surface area contributed by atoms with Crippen LogP contribution >= 0.6 is 11.6 Å². The third kappa shape index (κ3) is 4.79. The van der Waals surface area contributed by atoms with Crippen molar-refractivity contribution in [2.75, 3.05) is 6.61 Å². The van der Waals surface area contributed by atoms with Crippen LogP contribution < -0.4 is 5.32 Å². The van der Waals surface area contributed by atoms with E-state index in [2.05, 4.69) is 5.32 Å². The number of benzene rings is 2. The van der Waals surface area contributed by atoms with Crippen molar-refractivity contribution < 1.29 is 18.7 Å². The van der Waals surface area contributed by atoms with Crippen molar-refractivity contribution in [1.82, 2.24) is 5.32 Å². The molecular formula is C17H15ClFNO3. The molecule has 0 fully saturated rings. The molecule has 2 aromatic rings. The second-order valence-corrected chi connectivity index (χ2v) is 5.30.